The third-order valence-electron chi connectivity index (χ3n) is 3.73. The van der Waals surface area contributed by atoms with Gasteiger partial charge in [-0.25, -0.2) is 4.79 Å². The second-order valence-corrected chi connectivity index (χ2v) is 5.28. The Morgan fingerprint density at radius 3 is 2.62 bits per heavy atom. The first kappa shape index (κ1) is 15.3. The zero-order chi connectivity index (χ0) is 15.2. The molecule has 1 aromatic rings. The number of hydrogen-bond donors (Lipinski definition) is 0. The maximum atomic E-state index is 11.5. The molecule has 0 aliphatic heterocycles. The monoisotopic (exact) mass is 293 g/mol. The van der Waals surface area contributed by atoms with Gasteiger partial charge in [0.05, 0.1) is 30.3 Å². The van der Waals surface area contributed by atoms with Gasteiger partial charge in [-0.1, -0.05) is 19.3 Å². The summed E-state index contributed by atoms with van der Waals surface area (Å²) in [5.41, 5.74) is -0.0399. The number of esters is 1. The lowest BCUT2D eigenvalue weighted by atomic mass is 9.90. The normalized spacial score (nSPS) is 15.5. The third kappa shape index (κ3) is 4.18. The van der Waals surface area contributed by atoms with Gasteiger partial charge in [0.25, 0.3) is 5.69 Å². The second-order valence-electron chi connectivity index (χ2n) is 5.28. The molecular formula is C15H19NO5. The Hall–Kier alpha value is -2.11. The Bertz CT molecular complexity index is 523. The molecule has 1 aliphatic rings. The lowest BCUT2D eigenvalue weighted by Gasteiger charge is -2.21. The molecule has 0 aromatic heterocycles. The van der Waals surface area contributed by atoms with Crippen molar-refractivity contribution >= 4 is 11.7 Å². The molecule has 0 bridgehead atoms. The molecule has 6 heteroatoms. The highest BCUT2D eigenvalue weighted by Crippen LogP contribution is 2.27. The molecule has 1 fully saturated rings. The van der Waals surface area contributed by atoms with Crippen LogP contribution >= 0.6 is 0 Å². The van der Waals surface area contributed by atoms with E-state index >= 15 is 0 Å². The highest BCUT2D eigenvalue weighted by Gasteiger charge is 2.18. The first-order chi connectivity index (χ1) is 10.1. The van der Waals surface area contributed by atoms with E-state index in [0.29, 0.717) is 18.3 Å². The van der Waals surface area contributed by atoms with Crippen LogP contribution in [0.5, 0.6) is 5.75 Å². The number of nitrogens with zero attached hydrogens (tertiary/aromatic N) is 1. The van der Waals surface area contributed by atoms with Gasteiger partial charge in [0, 0.05) is 6.07 Å². The number of carbonyl (C=O) groups excluding carboxylic acids is 1. The first-order valence-corrected chi connectivity index (χ1v) is 7.10. The Balaban J connectivity index is 2.11. The van der Waals surface area contributed by atoms with E-state index in [1.807, 2.05) is 0 Å². The van der Waals surface area contributed by atoms with Gasteiger partial charge in [0.1, 0.15) is 5.75 Å². The molecular weight excluding hydrogens is 274 g/mol. The predicted molar refractivity (Wildman–Crippen MR) is 76.5 cm³/mol. The van der Waals surface area contributed by atoms with Crippen LogP contribution in [0.25, 0.3) is 0 Å². The maximum Gasteiger partial charge on any atom is 0.338 e. The molecule has 2 rings (SSSR count). The van der Waals surface area contributed by atoms with Crippen molar-refractivity contribution in [2.24, 2.45) is 5.92 Å². The quantitative estimate of drug-likeness (QED) is 0.472. The highest BCUT2D eigenvalue weighted by molar-refractivity contribution is 5.90. The average Bonchev–Trinajstić information content (AvgIpc) is 2.52. The van der Waals surface area contributed by atoms with Crippen molar-refractivity contribution in [3.8, 4) is 5.75 Å². The van der Waals surface area contributed by atoms with E-state index in [0.717, 1.165) is 12.8 Å². The number of rotatable bonds is 5. The molecule has 0 radical (unpaired) electrons. The van der Waals surface area contributed by atoms with Gasteiger partial charge >= 0.3 is 5.97 Å². The molecule has 0 saturated heterocycles. The van der Waals surface area contributed by atoms with E-state index in [9.17, 15) is 14.9 Å². The van der Waals surface area contributed by atoms with E-state index in [2.05, 4.69) is 4.74 Å². The average molecular weight is 293 g/mol. The van der Waals surface area contributed by atoms with Crippen LogP contribution in [0.3, 0.4) is 0 Å². The Morgan fingerprint density at radius 2 is 2.00 bits per heavy atom. The molecule has 0 spiro atoms. The zero-order valence-corrected chi connectivity index (χ0v) is 12.0. The number of non-ortho nitro benzene ring substituents is 1. The van der Waals surface area contributed by atoms with Crippen LogP contribution in [0.4, 0.5) is 5.69 Å². The van der Waals surface area contributed by atoms with Gasteiger partial charge in [0.15, 0.2) is 0 Å². The van der Waals surface area contributed by atoms with E-state index in [1.165, 1.54) is 44.6 Å². The van der Waals surface area contributed by atoms with Crippen LogP contribution < -0.4 is 4.74 Å². The Kier molecular flexibility index (Phi) is 5.14. The minimum atomic E-state index is -0.610. The molecule has 21 heavy (non-hydrogen) atoms. The topological polar surface area (TPSA) is 78.7 Å². The summed E-state index contributed by atoms with van der Waals surface area (Å²) < 4.78 is 10.3. The van der Waals surface area contributed by atoms with Crippen molar-refractivity contribution < 1.29 is 19.2 Å². The minimum absolute atomic E-state index is 0.130. The van der Waals surface area contributed by atoms with Crippen LogP contribution in [-0.4, -0.2) is 24.6 Å². The van der Waals surface area contributed by atoms with Crippen molar-refractivity contribution in [1.29, 1.82) is 0 Å². The number of methoxy groups -OCH3 is 1. The minimum Gasteiger partial charge on any atom is -0.493 e. The molecule has 1 saturated carbocycles. The van der Waals surface area contributed by atoms with Gasteiger partial charge in [-0.05, 0) is 24.8 Å². The number of carbonyl (C=O) groups is 1. The second kappa shape index (κ2) is 7.06. The lowest BCUT2D eigenvalue weighted by Crippen LogP contribution is -2.15. The van der Waals surface area contributed by atoms with Crippen LogP contribution in [0.15, 0.2) is 18.2 Å². The number of benzene rings is 1. The third-order valence-corrected chi connectivity index (χ3v) is 3.73. The zero-order valence-electron chi connectivity index (χ0n) is 12.0. The fourth-order valence-corrected chi connectivity index (χ4v) is 2.58. The van der Waals surface area contributed by atoms with E-state index in [4.69, 9.17) is 4.74 Å². The summed E-state index contributed by atoms with van der Waals surface area (Å²) in [5.74, 6) is 0.218. The Morgan fingerprint density at radius 1 is 1.29 bits per heavy atom. The van der Waals surface area contributed by atoms with Gasteiger partial charge in [-0.15, -0.1) is 0 Å². The van der Waals surface area contributed by atoms with Gasteiger partial charge in [-0.3, -0.25) is 10.1 Å². The predicted octanol–water partition coefficient (Wildman–Crippen LogP) is 3.34. The van der Waals surface area contributed by atoms with E-state index in [1.54, 1.807) is 0 Å². The van der Waals surface area contributed by atoms with E-state index in [-0.39, 0.29) is 11.3 Å². The molecule has 0 atom stereocenters. The largest absolute Gasteiger partial charge is 0.493 e. The number of nitro groups is 1. The molecule has 0 heterocycles. The van der Waals surface area contributed by atoms with Gasteiger partial charge in [0.2, 0.25) is 0 Å². The van der Waals surface area contributed by atoms with Crippen molar-refractivity contribution in [2.75, 3.05) is 13.7 Å². The van der Waals surface area contributed by atoms with E-state index < -0.39 is 10.9 Å². The molecule has 0 N–H and O–H groups in total. The highest BCUT2D eigenvalue weighted by atomic mass is 16.6. The fourth-order valence-electron chi connectivity index (χ4n) is 2.58. The summed E-state index contributed by atoms with van der Waals surface area (Å²) in [6.07, 6.45) is 5.92. The standard InChI is InChI=1S/C15H19NO5/c1-20-15(17)12-7-13(16(18)19)9-14(8-12)21-10-11-5-3-2-4-6-11/h7-9,11H,2-6,10H2,1H3. The fraction of sp³-hybridized carbons (Fsp3) is 0.533. The summed E-state index contributed by atoms with van der Waals surface area (Å²) in [6, 6.07) is 4.02. The van der Waals surface area contributed by atoms with Gasteiger partial charge in [-0.2, -0.15) is 0 Å². The molecule has 6 nitrogen and oxygen atoms in total. The molecule has 114 valence electrons. The number of hydrogen-bond acceptors (Lipinski definition) is 5. The maximum absolute atomic E-state index is 11.5. The first-order valence-electron chi connectivity index (χ1n) is 7.10. The van der Waals surface area contributed by atoms with Crippen LogP contribution in [-0.2, 0) is 4.74 Å². The van der Waals surface area contributed by atoms with Crippen molar-refractivity contribution in [3.63, 3.8) is 0 Å². The summed E-state index contributed by atoms with van der Waals surface area (Å²) in [4.78, 5) is 21.9. The molecule has 0 amide bonds. The lowest BCUT2D eigenvalue weighted by molar-refractivity contribution is -0.385. The van der Waals surface area contributed by atoms with Gasteiger partial charge < -0.3 is 9.47 Å². The number of ether oxygens (including phenoxy) is 2. The van der Waals surface area contributed by atoms with Crippen molar-refractivity contribution in [1.82, 2.24) is 0 Å². The van der Waals surface area contributed by atoms with Crippen molar-refractivity contribution in [2.45, 2.75) is 32.1 Å². The summed E-state index contributed by atoms with van der Waals surface area (Å²) in [6.45, 7) is 0.530. The molecule has 1 aromatic carbocycles. The Labute approximate surface area is 123 Å². The summed E-state index contributed by atoms with van der Waals surface area (Å²) >= 11 is 0. The van der Waals surface area contributed by atoms with Crippen LogP contribution in [0, 0.1) is 16.0 Å². The smallest absolute Gasteiger partial charge is 0.338 e. The summed E-state index contributed by atoms with van der Waals surface area (Å²) in [7, 11) is 1.24. The van der Waals surface area contributed by atoms with Crippen molar-refractivity contribution in [3.05, 3.63) is 33.9 Å². The molecule has 1 aliphatic carbocycles. The molecule has 0 unspecified atom stereocenters. The SMILES string of the molecule is COC(=O)c1cc(OCC2CCCCC2)cc([N+](=O)[O-])c1. The van der Waals surface area contributed by atoms with Crippen LogP contribution in [0.2, 0.25) is 0 Å². The number of nitro benzene ring substituents is 1. The van der Waals surface area contributed by atoms with Crippen LogP contribution in [0.1, 0.15) is 42.5 Å². The summed E-state index contributed by atoms with van der Waals surface area (Å²) in [5, 5.41) is 10.9.